The van der Waals surface area contributed by atoms with Crippen molar-refractivity contribution in [2.24, 2.45) is 10.9 Å². The molecule has 0 saturated heterocycles. The van der Waals surface area contributed by atoms with E-state index in [1.807, 2.05) is 6.07 Å². The van der Waals surface area contributed by atoms with E-state index < -0.39 is 0 Å². The Balaban J connectivity index is 2.45. The molecule has 13 heavy (non-hydrogen) atoms. The van der Waals surface area contributed by atoms with Gasteiger partial charge in [-0.2, -0.15) is 0 Å². The molecule has 0 aromatic heterocycles. The van der Waals surface area contributed by atoms with Gasteiger partial charge >= 0.3 is 0 Å². The van der Waals surface area contributed by atoms with Gasteiger partial charge in [-0.3, -0.25) is 4.99 Å². The predicted octanol–water partition coefficient (Wildman–Crippen LogP) is 3.90. The van der Waals surface area contributed by atoms with Crippen LogP contribution in [0.2, 0.25) is 0 Å². The number of hydrogen-bond donors (Lipinski definition) is 0. The molecule has 0 aliphatic carbocycles. The van der Waals surface area contributed by atoms with E-state index in [2.05, 4.69) is 53.1 Å². The molecule has 1 heterocycles. The Morgan fingerprint density at radius 3 is 2.85 bits per heavy atom. The molecule has 2 rings (SSSR count). The SMILES string of the molecule is CC(C)C1C=Nc2ccc(Br)cc21. The summed E-state index contributed by atoms with van der Waals surface area (Å²) < 4.78 is 1.14. The fraction of sp³-hybridized carbons (Fsp3) is 0.364. The first kappa shape index (κ1) is 8.95. The highest BCUT2D eigenvalue weighted by Crippen LogP contribution is 2.37. The fourth-order valence-electron chi connectivity index (χ4n) is 1.68. The van der Waals surface area contributed by atoms with Gasteiger partial charge in [0.1, 0.15) is 0 Å². The van der Waals surface area contributed by atoms with Crippen LogP contribution in [0, 0.1) is 5.92 Å². The minimum Gasteiger partial charge on any atom is -0.260 e. The molecule has 1 aliphatic rings. The molecule has 0 saturated carbocycles. The second-order valence-corrected chi connectivity index (χ2v) is 4.67. The largest absolute Gasteiger partial charge is 0.260 e. The molecule has 0 bridgehead atoms. The van der Waals surface area contributed by atoms with Gasteiger partial charge in [-0.05, 0) is 29.7 Å². The highest BCUT2D eigenvalue weighted by atomic mass is 79.9. The van der Waals surface area contributed by atoms with Gasteiger partial charge in [0.15, 0.2) is 0 Å². The van der Waals surface area contributed by atoms with Crippen molar-refractivity contribution in [2.45, 2.75) is 19.8 Å². The number of benzene rings is 1. The van der Waals surface area contributed by atoms with Gasteiger partial charge in [0.25, 0.3) is 0 Å². The molecule has 1 unspecified atom stereocenters. The smallest absolute Gasteiger partial charge is 0.0665 e. The molecule has 1 aromatic rings. The zero-order valence-corrected chi connectivity index (χ0v) is 9.38. The van der Waals surface area contributed by atoms with Crippen molar-refractivity contribution < 1.29 is 0 Å². The monoisotopic (exact) mass is 237 g/mol. The Bertz CT molecular complexity index is 355. The quantitative estimate of drug-likeness (QED) is 0.703. The number of nitrogens with zero attached hydrogens (tertiary/aromatic N) is 1. The van der Waals surface area contributed by atoms with E-state index in [1.54, 1.807) is 0 Å². The summed E-state index contributed by atoms with van der Waals surface area (Å²) in [5, 5.41) is 0. The topological polar surface area (TPSA) is 12.4 Å². The molecule has 0 amide bonds. The van der Waals surface area contributed by atoms with E-state index in [9.17, 15) is 0 Å². The molecular weight excluding hydrogens is 226 g/mol. The van der Waals surface area contributed by atoms with Gasteiger partial charge in [-0.25, -0.2) is 0 Å². The average molecular weight is 238 g/mol. The van der Waals surface area contributed by atoms with Crippen molar-refractivity contribution in [2.75, 3.05) is 0 Å². The highest BCUT2D eigenvalue weighted by molar-refractivity contribution is 9.10. The maximum atomic E-state index is 4.40. The summed E-state index contributed by atoms with van der Waals surface area (Å²) in [4.78, 5) is 4.40. The lowest BCUT2D eigenvalue weighted by Gasteiger charge is -2.12. The first-order chi connectivity index (χ1) is 6.18. The van der Waals surface area contributed by atoms with E-state index >= 15 is 0 Å². The Hall–Kier alpha value is -0.630. The summed E-state index contributed by atoms with van der Waals surface area (Å²) in [5.41, 5.74) is 2.48. The molecule has 2 heteroatoms. The van der Waals surface area contributed by atoms with Crippen LogP contribution in [0.4, 0.5) is 5.69 Å². The molecule has 0 radical (unpaired) electrons. The Morgan fingerprint density at radius 1 is 1.38 bits per heavy atom. The van der Waals surface area contributed by atoms with Crippen molar-refractivity contribution in [1.29, 1.82) is 0 Å². The van der Waals surface area contributed by atoms with Crippen LogP contribution in [-0.2, 0) is 0 Å². The highest BCUT2D eigenvalue weighted by Gasteiger charge is 2.21. The third kappa shape index (κ3) is 1.55. The molecule has 1 atom stereocenters. The van der Waals surface area contributed by atoms with Crippen molar-refractivity contribution in [1.82, 2.24) is 0 Å². The zero-order chi connectivity index (χ0) is 9.42. The third-order valence-corrected chi connectivity index (χ3v) is 2.93. The van der Waals surface area contributed by atoms with Crippen LogP contribution in [0.3, 0.4) is 0 Å². The van der Waals surface area contributed by atoms with E-state index in [0.29, 0.717) is 11.8 Å². The molecule has 1 aliphatic heterocycles. The summed E-state index contributed by atoms with van der Waals surface area (Å²) in [6.45, 7) is 4.46. The molecule has 0 N–H and O–H groups in total. The first-order valence-corrected chi connectivity index (χ1v) is 5.31. The van der Waals surface area contributed by atoms with Gasteiger partial charge in [0.05, 0.1) is 5.69 Å². The lowest BCUT2D eigenvalue weighted by Crippen LogP contribution is -2.04. The minimum atomic E-state index is 0.493. The average Bonchev–Trinajstić information content (AvgIpc) is 2.46. The van der Waals surface area contributed by atoms with Crippen molar-refractivity contribution in [3.63, 3.8) is 0 Å². The van der Waals surface area contributed by atoms with Gasteiger partial charge < -0.3 is 0 Å². The number of fused-ring (bicyclic) bond motifs is 1. The van der Waals surface area contributed by atoms with Crippen LogP contribution < -0.4 is 0 Å². The van der Waals surface area contributed by atoms with E-state index in [1.165, 1.54) is 5.56 Å². The molecule has 1 aromatic carbocycles. The standard InChI is InChI=1S/C11H12BrN/c1-7(2)10-6-13-11-4-3-8(12)5-9(10)11/h3-7,10H,1-2H3. The van der Waals surface area contributed by atoms with Gasteiger partial charge in [-0.15, -0.1) is 0 Å². The van der Waals surface area contributed by atoms with E-state index in [4.69, 9.17) is 0 Å². The molecule has 0 spiro atoms. The maximum Gasteiger partial charge on any atom is 0.0665 e. The van der Waals surface area contributed by atoms with Crippen LogP contribution in [-0.4, -0.2) is 6.21 Å². The molecule has 68 valence electrons. The Morgan fingerprint density at radius 2 is 2.15 bits per heavy atom. The van der Waals surface area contributed by atoms with Crippen LogP contribution in [0.5, 0.6) is 0 Å². The summed E-state index contributed by atoms with van der Waals surface area (Å²) in [6.07, 6.45) is 2.06. The molecule has 1 nitrogen and oxygen atoms in total. The molecule has 0 fully saturated rings. The van der Waals surface area contributed by atoms with E-state index in [0.717, 1.165) is 10.2 Å². The van der Waals surface area contributed by atoms with Gasteiger partial charge in [0.2, 0.25) is 0 Å². The minimum absolute atomic E-state index is 0.493. The van der Waals surface area contributed by atoms with Crippen molar-refractivity contribution >= 4 is 27.8 Å². The van der Waals surface area contributed by atoms with Crippen LogP contribution in [0.1, 0.15) is 25.3 Å². The number of aliphatic imine (C=N–C) groups is 1. The summed E-state index contributed by atoms with van der Waals surface area (Å²) in [6, 6.07) is 6.28. The van der Waals surface area contributed by atoms with Crippen LogP contribution in [0.15, 0.2) is 27.7 Å². The lowest BCUT2D eigenvalue weighted by atomic mass is 9.90. The number of rotatable bonds is 1. The normalized spacial score (nSPS) is 19.5. The molecular formula is C11H12BrN. The predicted molar refractivity (Wildman–Crippen MR) is 59.9 cm³/mol. The summed E-state index contributed by atoms with van der Waals surface area (Å²) >= 11 is 3.49. The Labute approximate surface area is 87.0 Å². The summed E-state index contributed by atoms with van der Waals surface area (Å²) in [5.74, 6) is 1.12. The third-order valence-electron chi connectivity index (χ3n) is 2.44. The first-order valence-electron chi connectivity index (χ1n) is 4.52. The number of hydrogen-bond acceptors (Lipinski definition) is 1. The zero-order valence-electron chi connectivity index (χ0n) is 7.79. The number of halogens is 1. The van der Waals surface area contributed by atoms with E-state index in [-0.39, 0.29) is 0 Å². The second-order valence-electron chi connectivity index (χ2n) is 3.75. The van der Waals surface area contributed by atoms with Gasteiger partial charge in [-0.1, -0.05) is 29.8 Å². The van der Waals surface area contributed by atoms with Crippen LogP contribution in [0.25, 0.3) is 0 Å². The van der Waals surface area contributed by atoms with Gasteiger partial charge in [0, 0.05) is 16.6 Å². The Kier molecular flexibility index (Phi) is 2.24. The van der Waals surface area contributed by atoms with Crippen molar-refractivity contribution in [3.05, 3.63) is 28.2 Å². The lowest BCUT2D eigenvalue weighted by molar-refractivity contribution is 0.617. The fourth-order valence-corrected chi connectivity index (χ4v) is 2.06. The van der Waals surface area contributed by atoms with Crippen molar-refractivity contribution in [3.8, 4) is 0 Å². The maximum absolute atomic E-state index is 4.40. The van der Waals surface area contributed by atoms with Crippen LogP contribution >= 0.6 is 15.9 Å². The second kappa shape index (κ2) is 3.26. The summed E-state index contributed by atoms with van der Waals surface area (Å²) in [7, 11) is 0.